The lowest BCUT2D eigenvalue weighted by Crippen LogP contribution is -2.37. The van der Waals surface area contributed by atoms with E-state index in [-0.39, 0.29) is 0 Å². The molecule has 2 N–H and O–H groups in total. The van der Waals surface area contributed by atoms with Gasteiger partial charge in [-0.15, -0.1) is 0 Å². The van der Waals surface area contributed by atoms with Crippen molar-refractivity contribution < 1.29 is 0 Å². The van der Waals surface area contributed by atoms with Crippen LogP contribution in [0.2, 0.25) is 0 Å². The minimum atomic E-state index is 0.423. The summed E-state index contributed by atoms with van der Waals surface area (Å²) in [6.07, 6.45) is 12.5. The van der Waals surface area contributed by atoms with E-state index in [1.165, 1.54) is 5.56 Å². The van der Waals surface area contributed by atoms with Gasteiger partial charge < -0.3 is 15.5 Å². The number of hydrogen-bond acceptors (Lipinski definition) is 6. The van der Waals surface area contributed by atoms with Crippen molar-refractivity contribution in [2.24, 2.45) is 0 Å². The van der Waals surface area contributed by atoms with Gasteiger partial charge in [-0.25, -0.2) is 4.98 Å². The third-order valence-electron chi connectivity index (χ3n) is 5.61. The zero-order valence-corrected chi connectivity index (χ0v) is 17.8. The minimum Gasteiger partial charge on any atom is -0.362 e. The third kappa shape index (κ3) is 5.13. The molecule has 2 aromatic heterocycles. The van der Waals surface area contributed by atoms with Gasteiger partial charge in [-0.3, -0.25) is 4.98 Å². The van der Waals surface area contributed by atoms with Crippen molar-refractivity contribution in [2.75, 3.05) is 30.9 Å². The quantitative estimate of drug-likeness (QED) is 0.620. The van der Waals surface area contributed by atoms with Crippen molar-refractivity contribution >= 4 is 28.7 Å². The van der Waals surface area contributed by atoms with Crippen LogP contribution in [0.1, 0.15) is 31.2 Å². The van der Waals surface area contributed by atoms with Crippen molar-refractivity contribution in [3.8, 4) is 0 Å². The lowest BCUT2D eigenvalue weighted by Gasteiger charge is -2.29. The molecule has 3 aromatic rings. The van der Waals surface area contributed by atoms with Crippen LogP contribution in [-0.4, -0.2) is 47.7 Å². The molecule has 30 heavy (non-hydrogen) atoms. The van der Waals surface area contributed by atoms with E-state index >= 15 is 0 Å². The van der Waals surface area contributed by atoms with Crippen LogP contribution in [0.3, 0.4) is 0 Å². The summed E-state index contributed by atoms with van der Waals surface area (Å²) in [7, 11) is 4.05. The van der Waals surface area contributed by atoms with Crippen LogP contribution in [0.4, 0.5) is 11.8 Å². The number of rotatable bonds is 7. The molecule has 4 rings (SSSR count). The standard InChI is InChI=1S/C24H30N6/c1-30(2)23-21-7-3-4-8-22(21)28-24(29-23)27-20-11-9-19(10-12-20)26-15-5-6-18-13-16-25-17-14-18/h3-8,13-14,16-17,19-20,26H,9-12,15H2,1-2H3,(H,27,28,29)/b6-5+. The van der Waals surface area contributed by atoms with E-state index in [0.29, 0.717) is 12.1 Å². The van der Waals surface area contributed by atoms with Gasteiger partial charge in [-0.1, -0.05) is 24.3 Å². The van der Waals surface area contributed by atoms with Gasteiger partial charge in [0.25, 0.3) is 0 Å². The first kappa shape index (κ1) is 20.3. The molecule has 6 nitrogen and oxygen atoms in total. The zero-order valence-electron chi connectivity index (χ0n) is 17.8. The van der Waals surface area contributed by atoms with E-state index in [9.17, 15) is 0 Å². The summed E-state index contributed by atoms with van der Waals surface area (Å²) in [4.78, 5) is 15.6. The summed E-state index contributed by atoms with van der Waals surface area (Å²) in [5.74, 6) is 1.69. The van der Waals surface area contributed by atoms with Crippen molar-refractivity contribution in [1.29, 1.82) is 0 Å². The van der Waals surface area contributed by atoms with Crippen molar-refractivity contribution in [1.82, 2.24) is 20.3 Å². The van der Waals surface area contributed by atoms with Crippen LogP contribution < -0.4 is 15.5 Å². The van der Waals surface area contributed by atoms with Crippen LogP contribution in [0, 0.1) is 0 Å². The maximum atomic E-state index is 4.78. The number of hydrogen-bond donors (Lipinski definition) is 2. The maximum absolute atomic E-state index is 4.78. The van der Waals surface area contributed by atoms with Crippen molar-refractivity contribution in [2.45, 2.75) is 37.8 Å². The second-order valence-electron chi connectivity index (χ2n) is 8.07. The van der Waals surface area contributed by atoms with Gasteiger partial charge in [-0.2, -0.15) is 4.98 Å². The average Bonchev–Trinajstić information content (AvgIpc) is 2.78. The maximum Gasteiger partial charge on any atom is 0.225 e. The Balaban J connectivity index is 1.29. The topological polar surface area (TPSA) is 66.0 Å². The summed E-state index contributed by atoms with van der Waals surface area (Å²) in [5, 5.41) is 8.32. The molecule has 0 bridgehead atoms. The van der Waals surface area contributed by atoms with Gasteiger partial charge in [-0.05, 0) is 55.5 Å². The predicted molar refractivity (Wildman–Crippen MR) is 125 cm³/mol. The van der Waals surface area contributed by atoms with E-state index < -0.39 is 0 Å². The number of anilines is 2. The van der Waals surface area contributed by atoms with E-state index in [0.717, 1.165) is 54.9 Å². The number of nitrogens with zero attached hydrogens (tertiary/aromatic N) is 4. The highest BCUT2D eigenvalue weighted by Gasteiger charge is 2.21. The van der Waals surface area contributed by atoms with Crippen LogP contribution in [-0.2, 0) is 0 Å². The van der Waals surface area contributed by atoms with E-state index in [1.54, 1.807) is 0 Å². The Bertz CT molecular complexity index is 977. The van der Waals surface area contributed by atoms with Crippen LogP contribution >= 0.6 is 0 Å². The molecule has 1 saturated carbocycles. The van der Waals surface area contributed by atoms with Gasteiger partial charge in [0.05, 0.1) is 5.52 Å². The Kier molecular flexibility index (Phi) is 6.54. The molecule has 1 aliphatic rings. The second-order valence-corrected chi connectivity index (χ2v) is 8.07. The Morgan fingerprint density at radius 2 is 1.70 bits per heavy atom. The fourth-order valence-electron chi connectivity index (χ4n) is 3.99. The highest BCUT2D eigenvalue weighted by Crippen LogP contribution is 2.26. The highest BCUT2D eigenvalue weighted by molar-refractivity contribution is 5.90. The number of fused-ring (bicyclic) bond motifs is 1. The zero-order chi connectivity index (χ0) is 20.8. The fourth-order valence-corrected chi connectivity index (χ4v) is 3.99. The number of nitrogens with one attached hydrogen (secondary N) is 2. The smallest absolute Gasteiger partial charge is 0.225 e. The molecule has 0 aliphatic heterocycles. The molecule has 1 aliphatic carbocycles. The molecule has 0 radical (unpaired) electrons. The minimum absolute atomic E-state index is 0.423. The number of benzene rings is 1. The lowest BCUT2D eigenvalue weighted by molar-refractivity contribution is 0.363. The van der Waals surface area contributed by atoms with Crippen LogP contribution in [0.25, 0.3) is 17.0 Å². The van der Waals surface area contributed by atoms with E-state index in [1.807, 2.05) is 50.8 Å². The summed E-state index contributed by atoms with van der Waals surface area (Å²) in [6, 6.07) is 13.2. The molecule has 0 amide bonds. The van der Waals surface area contributed by atoms with Gasteiger partial charge in [0.1, 0.15) is 5.82 Å². The summed E-state index contributed by atoms with van der Waals surface area (Å²) in [5.41, 5.74) is 2.17. The van der Waals surface area contributed by atoms with Gasteiger partial charge in [0.2, 0.25) is 5.95 Å². The van der Waals surface area contributed by atoms with Crippen LogP contribution in [0.15, 0.2) is 54.9 Å². The Morgan fingerprint density at radius 1 is 0.967 bits per heavy atom. The lowest BCUT2D eigenvalue weighted by atomic mass is 9.91. The largest absolute Gasteiger partial charge is 0.362 e. The van der Waals surface area contributed by atoms with Gasteiger partial charge in [0.15, 0.2) is 0 Å². The second kappa shape index (κ2) is 9.67. The number of aromatic nitrogens is 3. The Morgan fingerprint density at radius 3 is 2.47 bits per heavy atom. The molecule has 1 aromatic carbocycles. The SMILES string of the molecule is CN(C)c1nc(NC2CCC(NC/C=C/c3ccncc3)CC2)nc2ccccc12. The molecule has 156 valence electrons. The van der Waals surface area contributed by atoms with Gasteiger partial charge in [0, 0.05) is 50.5 Å². The fraction of sp³-hybridized carbons (Fsp3) is 0.375. The highest BCUT2D eigenvalue weighted by atomic mass is 15.2. The Hall–Kier alpha value is -2.99. The Labute approximate surface area is 178 Å². The molecule has 1 fully saturated rings. The summed E-state index contributed by atoms with van der Waals surface area (Å²) >= 11 is 0. The monoisotopic (exact) mass is 402 g/mol. The predicted octanol–water partition coefficient (Wildman–Crippen LogP) is 4.12. The molecular formula is C24H30N6. The molecule has 0 atom stereocenters. The molecule has 0 saturated heterocycles. The van der Waals surface area contributed by atoms with Crippen molar-refractivity contribution in [3.05, 3.63) is 60.4 Å². The molecular weight excluding hydrogens is 372 g/mol. The summed E-state index contributed by atoms with van der Waals surface area (Å²) < 4.78 is 0. The number of pyridine rings is 1. The molecule has 6 heteroatoms. The first-order chi connectivity index (χ1) is 14.7. The van der Waals surface area contributed by atoms with Gasteiger partial charge >= 0.3 is 0 Å². The molecule has 2 heterocycles. The van der Waals surface area contributed by atoms with E-state index in [4.69, 9.17) is 9.97 Å². The van der Waals surface area contributed by atoms with Crippen LogP contribution in [0.5, 0.6) is 0 Å². The normalized spacial score (nSPS) is 19.3. The molecule has 0 unspecified atom stereocenters. The average molecular weight is 403 g/mol. The summed E-state index contributed by atoms with van der Waals surface area (Å²) in [6.45, 7) is 0.894. The first-order valence-corrected chi connectivity index (χ1v) is 10.7. The third-order valence-corrected chi connectivity index (χ3v) is 5.61. The number of para-hydroxylation sites is 1. The molecule has 0 spiro atoms. The van der Waals surface area contributed by atoms with Crippen molar-refractivity contribution in [3.63, 3.8) is 0 Å². The first-order valence-electron chi connectivity index (χ1n) is 10.7. The van der Waals surface area contributed by atoms with E-state index in [2.05, 4.69) is 44.8 Å².